The van der Waals surface area contributed by atoms with Crippen LogP contribution in [0.15, 0.2) is 156 Å². The van der Waals surface area contributed by atoms with Crippen LogP contribution in [0.25, 0.3) is 78.4 Å². The minimum Gasteiger partial charge on any atom is -0.456 e. The molecule has 0 saturated carbocycles. The van der Waals surface area contributed by atoms with Crippen molar-refractivity contribution in [1.29, 1.82) is 0 Å². The summed E-state index contributed by atoms with van der Waals surface area (Å²) in [5.74, 6) is 1.87. The zero-order chi connectivity index (χ0) is 28.6. The molecule has 4 heteroatoms. The van der Waals surface area contributed by atoms with Crippen LogP contribution in [0.2, 0.25) is 0 Å². The number of hydrogen-bond donors (Lipinski definition) is 0. The Labute approximate surface area is 249 Å². The predicted molar refractivity (Wildman–Crippen MR) is 174 cm³/mol. The molecule has 0 bridgehead atoms. The Hall–Kier alpha value is -5.87. The van der Waals surface area contributed by atoms with Crippen molar-refractivity contribution in [1.82, 2.24) is 15.0 Å². The Morgan fingerprint density at radius 2 is 0.860 bits per heavy atom. The summed E-state index contributed by atoms with van der Waals surface area (Å²) in [4.78, 5) is 14.9. The van der Waals surface area contributed by atoms with Crippen molar-refractivity contribution in [3.8, 4) is 56.4 Å². The molecule has 0 aliphatic rings. The van der Waals surface area contributed by atoms with Crippen LogP contribution in [0.1, 0.15) is 0 Å². The molecule has 202 valence electrons. The van der Waals surface area contributed by atoms with Gasteiger partial charge in [-0.25, -0.2) is 15.0 Å². The average molecular weight is 552 g/mol. The zero-order valence-electron chi connectivity index (χ0n) is 23.2. The molecule has 8 rings (SSSR count). The average Bonchev–Trinajstić information content (AvgIpc) is 3.47. The van der Waals surface area contributed by atoms with E-state index in [1.807, 2.05) is 78.9 Å². The third-order valence-corrected chi connectivity index (χ3v) is 7.74. The van der Waals surface area contributed by atoms with Gasteiger partial charge in [-0.15, -0.1) is 0 Å². The van der Waals surface area contributed by atoms with Crippen molar-refractivity contribution in [3.63, 3.8) is 0 Å². The molecule has 0 radical (unpaired) electrons. The quantitative estimate of drug-likeness (QED) is 0.214. The lowest BCUT2D eigenvalue weighted by Gasteiger charge is -2.09. The highest BCUT2D eigenvalue weighted by Gasteiger charge is 2.18. The second-order valence-electron chi connectivity index (χ2n) is 10.5. The highest BCUT2D eigenvalue weighted by atomic mass is 16.3. The molecule has 0 unspecified atom stereocenters. The molecular formula is C39H25N3O. The summed E-state index contributed by atoms with van der Waals surface area (Å²) in [7, 11) is 0. The Kier molecular flexibility index (Phi) is 6.08. The van der Waals surface area contributed by atoms with Gasteiger partial charge in [0.05, 0.1) is 0 Å². The van der Waals surface area contributed by atoms with Crippen LogP contribution in [0.3, 0.4) is 0 Å². The van der Waals surface area contributed by atoms with Crippen molar-refractivity contribution < 1.29 is 4.42 Å². The largest absolute Gasteiger partial charge is 0.456 e. The summed E-state index contributed by atoms with van der Waals surface area (Å²) in [6, 6.07) is 51.7. The number of rotatable bonds is 5. The van der Waals surface area contributed by atoms with E-state index in [4.69, 9.17) is 19.4 Å². The van der Waals surface area contributed by atoms with E-state index in [0.717, 1.165) is 49.8 Å². The van der Waals surface area contributed by atoms with Crippen LogP contribution >= 0.6 is 0 Å². The van der Waals surface area contributed by atoms with Crippen LogP contribution in [-0.2, 0) is 0 Å². The Bertz CT molecular complexity index is 2170. The summed E-state index contributed by atoms with van der Waals surface area (Å²) < 4.78 is 6.36. The van der Waals surface area contributed by atoms with Gasteiger partial charge in [0.15, 0.2) is 17.5 Å². The van der Waals surface area contributed by atoms with Crippen LogP contribution in [0, 0.1) is 0 Å². The van der Waals surface area contributed by atoms with Crippen molar-refractivity contribution in [3.05, 3.63) is 152 Å². The van der Waals surface area contributed by atoms with Gasteiger partial charge in [-0.2, -0.15) is 0 Å². The molecule has 0 N–H and O–H groups in total. The van der Waals surface area contributed by atoms with E-state index in [9.17, 15) is 0 Å². The number of fused-ring (bicyclic) bond motifs is 3. The molecule has 0 aliphatic carbocycles. The summed E-state index contributed by atoms with van der Waals surface area (Å²) in [6.45, 7) is 0. The number of benzene rings is 6. The van der Waals surface area contributed by atoms with Crippen LogP contribution in [0.5, 0.6) is 0 Å². The van der Waals surface area contributed by atoms with Gasteiger partial charge < -0.3 is 4.42 Å². The molecule has 8 aromatic rings. The highest BCUT2D eigenvalue weighted by molar-refractivity contribution is 6.12. The van der Waals surface area contributed by atoms with Gasteiger partial charge in [0.2, 0.25) is 0 Å². The Morgan fingerprint density at radius 1 is 0.349 bits per heavy atom. The summed E-state index contributed by atoms with van der Waals surface area (Å²) in [5, 5.41) is 2.01. The Balaban J connectivity index is 1.32. The zero-order valence-corrected chi connectivity index (χ0v) is 23.2. The molecule has 0 fully saturated rings. The van der Waals surface area contributed by atoms with E-state index >= 15 is 0 Å². The van der Waals surface area contributed by atoms with Crippen molar-refractivity contribution in [2.24, 2.45) is 0 Å². The fourth-order valence-corrected chi connectivity index (χ4v) is 5.63. The number of aromatic nitrogens is 3. The topological polar surface area (TPSA) is 51.8 Å². The monoisotopic (exact) mass is 551 g/mol. The molecule has 0 aliphatic heterocycles. The minimum atomic E-state index is 0.609. The molecule has 2 heterocycles. The maximum absolute atomic E-state index is 6.36. The summed E-state index contributed by atoms with van der Waals surface area (Å²) >= 11 is 0. The third kappa shape index (κ3) is 4.65. The maximum atomic E-state index is 6.36. The van der Waals surface area contributed by atoms with Crippen molar-refractivity contribution in [2.75, 3.05) is 0 Å². The van der Waals surface area contributed by atoms with Gasteiger partial charge in [0.25, 0.3) is 0 Å². The fraction of sp³-hybridized carbons (Fsp3) is 0. The van der Waals surface area contributed by atoms with E-state index < -0.39 is 0 Å². The lowest BCUT2D eigenvalue weighted by atomic mass is 9.97. The molecule has 0 saturated heterocycles. The van der Waals surface area contributed by atoms with Gasteiger partial charge in [0.1, 0.15) is 11.2 Å². The van der Waals surface area contributed by atoms with Gasteiger partial charge in [0, 0.05) is 27.5 Å². The molecule has 0 amide bonds. The van der Waals surface area contributed by atoms with Gasteiger partial charge >= 0.3 is 0 Å². The molecular weight excluding hydrogens is 526 g/mol. The van der Waals surface area contributed by atoms with Crippen LogP contribution < -0.4 is 0 Å². The summed E-state index contributed by atoms with van der Waals surface area (Å²) in [5.41, 5.74) is 9.05. The van der Waals surface area contributed by atoms with Crippen LogP contribution in [0.4, 0.5) is 0 Å². The van der Waals surface area contributed by atoms with Gasteiger partial charge in [-0.05, 0) is 46.5 Å². The molecule has 43 heavy (non-hydrogen) atoms. The number of nitrogens with zero attached hydrogens (tertiary/aromatic N) is 3. The fourth-order valence-electron chi connectivity index (χ4n) is 5.63. The van der Waals surface area contributed by atoms with Crippen molar-refractivity contribution in [2.45, 2.75) is 0 Å². The SMILES string of the molecule is c1ccc(-c2cccc(-c3ccc4oc5cccc(-c6nc(-c7ccccc7)nc(-c7ccccc7)n6)c5c4c3)c2)cc1. The molecule has 4 nitrogen and oxygen atoms in total. The standard InChI is InChI=1S/C39H25N3O/c1-4-12-26(13-5-1)29-18-10-19-30(24-29)31-22-23-34-33(25-31)36-32(20-11-21-35(36)43-34)39-41-37(27-14-6-2-7-15-27)40-38(42-39)28-16-8-3-9-17-28/h1-25H. The molecule has 0 spiro atoms. The first-order valence-electron chi connectivity index (χ1n) is 14.3. The first-order chi connectivity index (χ1) is 21.3. The van der Waals surface area contributed by atoms with Crippen molar-refractivity contribution >= 4 is 21.9 Å². The predicted octanol–water partition coefficient (Wildman–Crippen LogP) is 10.1. The van der Waals surface area contributed by atoms with E-state index in [1.165, 1.54) is 11.1 Å². The lowest BCUT2D eigenvalue weighted by molar-refractivity contribution is 0.669. The second kappa shape index (κ2) is 10.5. The second-order valence-corrected chi connectivity index (χ2v) is 10.5. The van der Waals surface area contributed by atoms with E-state index in [2.05, 4.69) is 72.8 Å². The minimum absolute atomic E-state index is 0.609. The third-order valence-electron chi connectivity index (χ3n) is 7.74. The molecule has 0 atom stereocenters. The highest BCUT2D eigenvalue weighted by Crippen LogP contribution is 2.38. The molecule has 6 aromatic carbocycles. The van der Waals surface area contributed by atoms with E-state index in [0.29, 0.717) is 17.5 Å². The number of hydrogen-bond acceptors (Lipinski definition) is 4. The normalized spacial score (nSPS) is 11.3. The first-order valence-corrected chi connectivity index (χ1v) is 14.3. The summed E-state index contributed by atoms with van der Waals surface area (Å²) in [6.07, 6.45) is 0. The van der Waals surface area contributed by atoms with Crippen LogP contribution in [-0.4, -0.2) is 15.0 Å². The smallest absolute Gasteiger partial charge is 0.164 e. The molecule has 2 aromatic heterocycles. The first kappa shape index (κ1) is 24.9. The van der Waals surface area contributed by atoms with Gasteiger partial charge in [-0.3, -0.25) is 0 Å². The van der Waals surface area contributed by atoms with Gasteiger partial charge in [-0.1, -0.05) is 127 Å². The number of furan rings is 1. The maximum Gasteiger partial charge on any atom is 0.164 e. The Morgan fingerprint density at radius 3 is 1.51 bits per heavy atom. The van der Waals surface area contributed by atoms with E-state index in [1.54, 1.807) is 0 Å². The van der Waals surface area contributed by atoms with E-state index in [-0.39, 0.29) is 0 Å². The lowest BCUT2D eigenvalue weighted by Crippen LogP contribution is -2.00.